The number of carbonyl (C=O) groups excluding carboxylic acids is 1. The van der Waals surface area contributed by atoms with Crippen molar-refractivity contribution < 1.29 is 36.9 Å². The molecular weight excluding hydrogens is 525 g/mol. The van der Waals surface area contributed by atoms with Crippen LogP contribution in [0.4, 0.5) is 13.2 Å². The van der Waals surface area contributed by atoms with Crippen LogP contribution < -0.4 is 0 Å². The summed E-state index contributed by atoms with van der Waals surface area (Å²) >= 11 is 6.07. The minimum atomic E-state index is -3.29. The number of aliphatic carboxylic acids is 1. The van der Waals surface area contributed by atoms with E-state index in [4.69, 9.17) is 20.6 Å². The minimum absolute atomic E-state index is 0.0171. The van der Waals surface area contributed by atoms with E-state index in [-0.39, 0.29) is 53.9 Å². The number of ketones is 1. The fourth-order valence-electron chi connectivity index (χ4n) is 4.31. The molecule has 1 saturated carbocycles. The first-order chi connectivity index (χ1) is 17.8. The summed E-state index contributed by atoms with van der Waals surface area (Å²) in [6, 6.07) is 4.90. The molecule has 1 N–H and O–H groups in total. The normalized spacial score (nSPS) is 15.0. The molecule has 38 heavy (non-hydrogen) atoms. The quantitative estimate of drug-likeness (QED) is 0.266. The Morgan fingerprint density at radius 2 is 1.87 bits per heavy atom. The van der Waals surface area contributed by atoms with Crippen LogP contribution in [-0.2, 0) is 21.9 Å². The molecule has 1 fully saturated rings. The van der Waals surface area contributed by atoms with Crippen molar-refractivity contribution in [1.82, 2.24) is 10.3 Å². The second-order valence-corrected chi connectivity index (χ2v) is 11.2. The Morgan fingerprint density at radius 1 is 1.16 bits per heavy atom. The molecule has 204 valence electrons. The Kier molecular flexibility index (Phi) is 7.74. The van der Waals surface area contributed by atoms with E-state index < -0.39 is 34.8 Å². The van der Waals surface area contributed by atoms with E-state index in [9.17, 15) is 27.9 Å². The Labute approximate surface area is 222 Å². The van der Waals surface area contributed by atoms with Crippen LogP contribution in [0.3, 0.4) is 0 Å². The van der Waals surface area contributed by atoms with Crippen molar-refractivity contribution in [2.75, 3.05) is 0 Å². The van der Waals surface area contributed by atoms with Gasteiger partial charge in [-0.15, -0.1) is 0 Å². The van der Waals surface area contributed by atoms with Gasteiger partial charge in [0.15, 0.2) is 11.5 Å². The molecule has 3 aromatic rings. The molecule has 0 saturated heterocycles. The molecule has 0 spiro atoms. The van der Waals surface area contributed by atoms with Gasteiger partial charge in [-0.25, -0.2) is 4.39 Å². The fourth-order valence-corrected chi connectivity index (χ4v) is 4.55. The highest BCUT2D eigenvalue weighted by atomic mass is 35.5. The molecule has 0 bridgehead atoms. The van der Waals surface area contributed by atoms with Gasteiger partial charge in [0.2, 0.25) is 5.76 Å². The molecule has 0 unspecified atom stereocenters. The van der Waals surface area contributed by atoms with Crippen molar-refractivity contribution in [3.63, 3.8) is 0 Å². The lowest BCUT2D eigenvalue weighted by Crippen LogP contribution is -2.30. The highest BCUT2D eigenvalue weighted by Gasteiger charge is 2.49. The van der Waals surface area contributed by atoms with Crippen molar-refractivity contribution in [2.24, 2.45) is 5.41 Å². The van der Waals surface area contributed by atoms with Crippen molar-refractivity contribution >= 4 is 23.4 Å². The molecule has 1 aromatic carbocycles. The maximum Gasteiger partial charge on any atom is 0.312 e. The lowest BCUT2D eigenvalue weighted by Gasteiger charge is -2.27. The molecule has 0 amide bonds. The Balaban J connectivity index is 1.64. The summed E-state index contributed by atoms with van der Waals surface area (Å²) in [5.74, 6) is -6.10. The highest BCUT2D eigenvalue weighted by Crippen LogP contribution is 2.50. The number of halogens is 4. The highest BCUT2D eigenvalue weighted by molar-refractivity contribution is 6.31. The number of hydrogen-bond acceptors (Lipinski definition) is 6. The van der Waals surface area contributed by atoms with Gasteiger partial charge in [0.1, 0.15) is 11.6 Å². The molecule has 2 heterocycles. The van der Waals surface area contributed by atoms with Gasteiger partial charge >= 0.3 is 11.9 Å². The monoisotopic (exact) mass is 552 g/mol. The first-order valence-corrected chi connectivity index (χ1v) is 12.7. The van der Waals surface area contributed by atoms with Crippen molar-refractivity contribution in [1.29, 1.82) is 0 Å². The van der Waals surface area contributed by atoms with Gasteiger partial charge in [-0.1, -0.05) is 48.8 Å². The SMILES string of the molecule is CC(C)(C)C(F)(F)c1cc(-c2onc([C@@H](CCC(=O)O)CC(=O)Cc3ccc(F)cc3Cl)c2C2CC2)no1. The predicted octanol–water partition coefficient (Wildman–Crippen LogP) is 7.29. The van der Waals surface area contributed by atoms with Gasteiger partial charge in [-0.3, -0.25) is 9.59 Å². The lowest BCUT2D eigenvalue weighted by molar-refractivity contribution is -0.137. The summed E-state index contributed by atoms with van der Waals surface area (Å²) in [5, 5.41) is 17.4. The van der Waals surface area contributed by atoms with Gasteiger partial charge < -0.3 is 14.2 Å². The number of rotatable bonds is 11. The maximum absolute atomic E-state index is 14.8. The van der Waals surface area contributed by atoms with Gasteiger partial charge in [-0.2, -0.15) is 8.78 Å². The summed E-state index contributed by atoms with van der Waals surface area (Å²) in [7, 11) is 0. The Bertz CT molecular complexity index is 1340. The standard InChI is InChI=1S/C27H28ClF3N2O5/c1-26(2,3)27(30,31)21-13-20(32-37-21)25-23(14-4-5-14)24(33-38-25)16(7-9-22(35)36)11-18(34)10-15-6-8-17(29)12-19(15)28/h6,8,12-14,16H,4-5,7,9-11H2,1-3H3,(H,35,36)/t16-/m0/s1. The van der Waals surface area contributed by atoms with Crippen LogP contribution in [0.15, 0.2) is 33.3 Å². The predicted molar refractivity (Wildman–Crippen MR) is 132 cm³/mol. The molecule has 0 aliphatic heterocycles. The molecule has 1 aliphatic rings. The number of carboxylic acids is 1. The van der Waals surface area contributed by atoms with Crippen molar-refractivity contribution in [2.45, 2.75) is 77.1 Å². The lowest BCUT2D eigenvalue weighted by atomic mass is 9.86. The van der Waals surface area contributed by atoms with Crippen LogP contribution in [-0.4, -0.2) is 27.2 Å². The molecule has 0 radical (unpaired) electrons. The van der Waals surface area contributed by atoms with Crippen LogP contribution in [0, 0.1) is 11.2 Å². The average Bonchev–Trinajstić information content (AvgIpc) is 3.35. The second-order valence-electron chi connectivity index (χ2n) is 10.8. The van der Waals surface area contributed by atoms with E-state index in [0.29, 0.717) is 16.8 Å². The van der Waals surface area contributed by atoms with Crippen LogP contribution >= 0.6 is 11.6 Å². The van der Waals surface area contributed by atoms with E-state index in [1.807, 2.05) is 0 Å². The van der Waals surface area contributed by atoms with Gasteiger partial charge in [0.05, 0.1) is 5.69 Å². The van der Waals surface area contributed by atoms with Gasteiger partial charge in [0.25, 0.3) is 0 Å². The third-order valence-electron chi connectivity index (χ3n) is 6.71. The molecule has 1 atom stereocenters. The van der Waals surface area contributed by atoms with Crippen LogP contribution in [0.1, 0.15) is 87.3 Å². The first-order valence-electron chi connectivity index (χ1n) is 12.3. The summed E-state index contributed by atoms with van der Waals surface area (Å²) in [5.41, 5.74) is 0.145. The Hall–Kier alpha value is -3.14. The topological polar surface area (TPSA) is 106 Å². The fraction of sp³-hybridized carbons (Fsp3) is 0.481. The minimum Gasteiger partial charge on any atom is -0.481 e. The van der Waals surface area contributed by atoms with Crippen molar-refractivity contribution in [3.8, 4) is 11.5 Å². The first kappa shape index (κ1) is 27.9. The van der Waals surface area contributed by atoms with E-state index in [1.54, 1.807) is 0 Å². The number of nitrogens with zero attached hydrogens (tertiary/aromatic N) is 2. The van der Waals surface area contributed by atoms with Gasteiger partial charge in [0, 0.05) is 47.2 Å². The van der Waals surface area contributed by atoms with Gasteiger partial charge in [-0.05, 0) is 42.9 Å². The van der Waals surface area contributed by atoms with E-state index in [0.717, 1.165) is 25.0 Å². The average molecular weight is 553 g/mol. The number of carbonyl (C=O) groups is 2. The Morgan fingerprint density at radius 3 is 2.47 bits per heavy atom. The smallest absolute Gasteiger partial charge is 0.312 e. The van der Waals surface area contributed by atoms with Crippen molar-refractivity contribution in [3.05, 3.63) is 57.7 Å². The molecule has 2 aromatic heterocycles. The molecule has 1 aliphatic carbocycles. The summed E-state index contributed by atoms with van der Waals surface area (Å²) in [4.78, 5) is 24.3. The van der Waals surface area contributed by atoms with Crippen LogP contribution in [0.5, 0.6) is 0 Å². The summed E-state index contributed by atoms with van der Waals surface area (Å²) in [6.07, 6.45) is 1.37. The zero-order valence-corrected chi connectivity index (χ0v) is 21.9. The number of hydrogen-bond donors (Lipinski definition) is 1. The molecule has 4 rings (SSSR count). The summed E-state index contributed by atoms with van der Waals surface area (Å²) in [6.45, 7) is 4.17. The van der Waals surface area contributed by atoms with Crippen LogP contribution in [0.25, 0.3) is 11.5 Å². The number of aromatic nitrogens is 2. The van der Waals surface area contributed by atoms with E-state index in [1.165, 1.54) is 32.9 Å². The molecule has 7 nitrogen and oxygen atoms in total. The number of carboxylic acid groups (broad SMARTS) is 1. The van der Waals surface area contributed by atoms with E-state index in [2.05, 4.69) is 10.3 Å². The largest absolute Gasteiger partial charge is 0.481 e. The number of Topliss-reactive ketones (excluding diaryl/α,β-unsaturated/α-hetero) is 1. The van der Waals surface area contributed by atoms with Crippen LogP contribution in [0.2, 0.25) is 5.02 Å². The number of benzene rings is 1. The maximum atomic E-state index is 14.8. The number of alkyl halides is 2. The second kappa shape index (κ2) is 10.6. The molecular formula is C27H28ClF3N2O5. The third-order valence-corrected chi connectivity index (χ3v) is 7.06. The zero-order chi connectivity index (χ0) is 27.8. The third kappa shape index (κ3) is 5.95. The van der Waals surface area contributed by atoms with E-state index >= 15 is 0 Å². The molecule has 11 heteroatoms. The summed E-state index contributed by atoms with van der Waals surface area (Å²) < 4.78 is 53.7. The zero-order valence-electron chi connectivity index (χ0n) is 21.2.